The van der Waals surface area contributed by atoms with Crippen LogP contribution in [0.25, 0.3) is 0 Å². The minimum atomic E-state index is -4.20. The molecule has 0 unspecified atom stereocenters. The quantitative estimate of drug-likeness (QED) is 0.200. The predicted molar refractivity (Wildman–Crippen MR) is 115 cm³/mol. The summed E-state index contributed by atoms with van der Waals surface area (Å²) in [6.07, 6.45) is -3.65. The molecule has 2 rings (SSSR count). The average molecular weight is 535 g/mol. The van der Waals surface area contributed by atoms with Gasteiger partial charge in [0.05, 0.1) is 12.2 Å². The predicted octanol–water partition coefficient (Wildman–Crippen LogP) is 3.16. The van der Waals surface area contributed by atoms with E-state index in [9.17, 15) is 22.0 Å². The normalized spacial score (nSPS) is 15.5. The van der Waals surface area contributed by atoms with Gasteiger partial charge in [0.15, 0.2) is 5.96 Å². The van der Waals surface area contributed by atoms with E-state index in [0.29, 0.717) is 51.6 Å². The van der Waals surface area contributed by atoms with Crippen molar-refractivity contribution in [3.63, 3.8) is 0 Å². The molecule has 29 heavy (non-hydrogen) atoms. The summed E-state index contributed by atoms with van der Waals surface area (Å²) in [6, 6.07) is 3.40. The number of nitrogens with zero attached hydrogens (tertiary/aromatic N) is 4. The summed E-state index contributed by atoms with van der Waals surface area (Å²) >= 11 is 0. The monoisotopic (exact) mass is 535 g/mol. The second kappa shape index (κ2) is 11.7. The first-order valence-corrected chi connectivity index (χ1v) is 9.10. The van der Waals surface area contributed by atoms with Crippen molar-refractivity contribution >= 4 is 35.6 Å². The van der Waals surface area contributed by atoms with Crippen LogP contribution in [-0.4, -0.2) is 81.8 Å². The van der Waals surface area contributed by atoms with Gasteiger partial charge in [0.1, 0.15) is 11.6 Å². The highest BCUT2D eigenvalue weighted by molar-refractivity contribution is 14.0. The summed E-state index contributed by atoms with van der Waals surface area (Å²) in [7, 11) is 3.07. The fourth-order valence-electron chi connectivity index (χ4n) is 3.15. The van der Waals surface area contributed by atoms with E-state index in [1.165, 1.54) is 18.0 Å². The number of rotatable bonds is 6. The maximum Gasteiger partial charge on any atom is 0.401 e. The summed E-state index contributed by atoms with van der Waals surface area (Å²) in [6.45, 7) is 2.04. The zero-order valence-electron chi connectivity index (χ0n) is 16.5. The molecule has 1 fully saturated rings. The van der Waals surface area contributed by atoms with E-state index >= 15 is 0 Å². The molecule has 0 amide bonds. The molecule has 5 nitrogen and oxygen atoms in total. The van der Waals surface area contributed by atoms with Crippen molar-refractivity contribution in [1.29, 1.82) is 0 Å². The number of halogens is 6. The van der Waals surface area contributed by atoms with E-state index in [1.807, 2.05) is 4.90 Å². The highest BCUT2D eigenvalue weighted by Gasteiger charge is 2.28. The lowest BCUT2D eigenvalue weighted by Crippen LogP contribution is -2.53. The second-order valence-electron chi connectivity index (χ2n) is 6.75. The van der Waals surface area contributed by atoms with Gasteiger partial charge in [-0.2, -0.15) is 13.2 Å². The summed E-state index contributed by atoms with van der Waals surface area (Å²) in [5.74, 6) is -0.287. The van der Waals surface area contributed by atoms with Crippen LogP contribution in [0.3, 0.4) is 0 Å². The van der Waals surface area contributed by atoms with Gasteiger partial charge in [-0.15, -0.1) is 24.0 Å². The lowest BCUT2D eigenvalue weighted by molar-refractivity contribution is -0.143. The summed E-state index contributed by atoms with van der Waals surface area (Å²) in [5, 5.41) is 3.15. The Morgan fingerprint density at radius 1 is 1.17 bits per heavy atom. The summed E-state index contributed by atoms with van der Waals surface area (Å²) in [4.78, 5) is 9.21. The number of hydrogen-bond donors (Lipinski definition) is 1. The number of anilines is 1. The highest BCUT2D eigenvalue weighted by atomic mass is 127. The molecule has 1 aliphatic rings. The van der Waals surface area contributed by atoms with Crippen LogP contribution in [0.2, 0.25) is 0 Å². The van der Waals surface area contributed by atoms with Crippen molar-refractivity contribution in [2.24, 2.45) is 4.99 Å². The Labute approximate surface area is 185 Å². The molecule has 0 aromatic heterocycles. The third kappa shape index (κ3) is 8.49. The molecular formula is C18H27F5IN5. The lowest BCUT2D eigenvalue weighted by Gasteiger charge is -2.37. The molecule has 0 aliphatic carbocycles. The molecule has 1 aromatic rings. The lowest BCUT2D eigenvalue weighted by atomic mass is 10.2. The van der Waals surface area contributed by atoms with Crippen molar-refractivity contribution in [3.8, 4) is 0 Å². The van der Waals surface area contributed by atoms with E-state index in [4.69, 9.17) is 0 Å². The van der Waals surface area contributed by atoms with Gasteiger partial charge in [0.2, 0.25) is 0 Å². The summed E-state index contributed by atoms with van der Waals surface area (Å²) in [5.41, 5.74) is 0.246. The molecule has 166 valence electrons. The molecule has 1 saturated heterocycles. The highest BCUT2D eigenvalue weighted by Crippen LogP contribution is 2.22. The van der Waals surface area contributed by atoms with Crippen LogP contribution in [0.1, 0.15) is 6.42 Å². The van der Waals surface area contributed by atoms with Crippen LogP contribution < -0.4 is 10.2 Å². The third-order valence-corrected chi connectivity index (χ3v) is 4.49. The van der Waals surface area contributed by atoms with Crippen molar-refractivity contribution in [3.05, 3.63) is 29.8 Å². The first kappa shape index (κ1) is 25.7. The first-order valence-electron chi connectivity index (χ1n) is 9.10. The molecule has 0 atom stereocenters. The van der Waals surface area contributed by atoms with Crippen molar-refractivity contribution in [2.45, 2.75) is 12.6 Å². The van der Waals surface area contributed by atoms with Crippen molar-refractivity contribution in [1.82, 2.24) is 15.1 Å². The van der Waals surface area contributed by atoms with Crippen LogP contribution >= 0.6 is 24.0 Å². The van der Waals surface area contributed by atoms with E-state index in [0.717, 1.165) is 12.1 Å². The number of aliphatic imine (C=N–C) groups is 1. The van der Waals surface area contributed by atoms with Gasteiger partial charge in [-0.3, -0.25) is 9.89 Å². The molecule has 1 aliphatic heterocycles. The van der Waals surface area contributed by atoms with Crippen LogP contribution in [-0.2, 0) is 0 Å². The van der Waals surface area contributed by atoms with E-state index < -0.39 is 24.4 Å². The van der Waals surface area contributed by atoms with Gasteiger partial charge in [0, 0.05) is 45.8 Å². The fraction of sp³-hybridized carbons (Fsp3) is 0.611. The van der Waals surface area contributed by atoms with Gasteiger partial charge < -0.3 is 15.1 Å². The number of benzene rings is 1. The first-order chi connectivity index (χ1) is 13.2. The van der Waals surface area contributed by atoms with Gasteiger partial charge >= 0.3 is 6.18 Å². The minimum Gasteiger partial charge on any atom is -0.366 e. The standard InChI is InChI=1S/C18H26F5N5.HI/c1-24-17(25-6-3-7-26(2)13-18(21,22)23)28-10-8-27(9-11-28)16-12-14(19)4-5-15(16)20;/h4-5,12H,3,6-11,13H2,1-2H3,(H,24,25);1H. The Bertz CT molecular complexity index is 663. The SMILES string of the molecule is CN=C(NCCCN(C)CC(F)(F)F)N1CCN(c2cc(F)ccc2F)CC1.I. The molecule has 1 heterocycles. The van der Waals surface area contributed by atoms with Gasteiger partial charge in [-0.1, -0.05) is 0 Å². The van der Waals surface area contributed by atoms with Crippen molar-refractivity contribution in [2.75, 3.05) is 64.8 Å². The van der Waals surface area contributed by atoms with Crippen LogP contribution in [0.15, 0.2) is 23.2 Å². The number of nitrogens with one attached hydrogen (secondary N) is 1. The molecule has 0 spiro atoms. The maximum atomic E-state index is 13.9. The Kier molecular flexibility index (Phi) is 10.4. The van der Waals surface area contributed by atoms with Crippen LogP contribution in [0, 0.1) is 11.6 Å². The molecule has 0 saturated carbocycles. The van der Waals surface area contributed by atoms with E-state index in [1.54, 1.807) is 11.9 Å². The smallest absolute Gasteiger partial charge is 0.366 e. The van der Waals surface area contributed by atoms with Gasteiger partial charge in [-0.05, 0) is 32.1 Å². The van der Waals surface area contributed by atoms with E-state index in [2.05, 4.69) is 10.3 Å². The Morgan fingerprint density at radius 3 is 2.41 bits per heavy atom. The third-order valence-electron chi connectivity index (χ3n) is 4.49. The van der Waals surface area contributed by atoms with E-state index in [-0.39, 0.29) is 29.7 Å². The molecule has 0 radical (unpaired) electrons. The molecule has 0 bridgehead atoms. The Hall–Kier alpha value is -1.37. The molecular weight excluding hydrogens is 508 g/mol. The molecule has 11 heteroatoms. The Morgan fingerprint density at radius 2 is 1.83 bits per heavy atom. The maximum absolute atomic E-state index is 13.9. The molecule has 1 N–H and O–H groups in total. The van der Waals surface area contributed by atoms with Crippen molar-refractivity contribution < 1.29 is 22.0 Å². The van der Waals surface area contributed by atoms with Gasteiger partial charge in [-0.25, -0.2) is 8.78 Å². The number of piperazine rings is 1. The second-order valence-corrected chi connectivity index (χ2v) is 6.75. The fourth-order valence-corrected chi connectivity index (χ4v) is 3.15. The number of alkyl halides is 3. The van der Waals surface area contributed by atoms with Gasteiger partial charge in [0.25, 0.3) is 0 Å². The summed E-state index contributed by atoms with van der Waals surface area (Å²) < 4.78 is 64.2. The average Bonchev–Trinajstić information content (AvgIpc) is 2.63. The minimum absolute atomic E-state index is 0. The largest absolute Gasteiger partial charge is 0.401 e. The zero-order valence-corrected chi connectivity index (χ0v) is 18.8. The molecule has 1 aromatic carbocycles. The zero-order chi connectivity index (χ0) is 20.7. The topological polar surface area (TPSA) is 34.1 Å². The van der Waals surface area contributed by atoms with Crippen LogP contribution in [0.4, 0.5) is 27.6 Å². The number of hydrogen-bond acceptors (Lipinski definition) is 3. The Balaban J connectivity index is 0.00000420. The number of guanidine groups is 1. The van der Waals surface area contributed by atoms with Crippen LogP contribution in [0.5, 0.6) is 0 Å².